The maximum atomic E-state index is 12.1. The van der Waals surface area contributed by atoms with Crippen molar-refractivity contribution in [3.63, 3.8) is 0 Å². The van der Waals surface area contributed by atoms with Gasteiger partial charge in [0.25, 0.3) is 0 Å². The van der Waals surface area contributed by atoms with E-state index in [4.69, 9.17) is 0 Å². The van der Waals surface area contributed by atoms with Gasteiger partial charge in [-0.25, -0.2) is 0 Å². The summed E-state index contributed by atoms with van der Waals surface area (Å²) in [6.07, 6.45) is 1.68. The zero-order valence-electron chi connectivity index (χ0n) is 13.2. The Morgan fingerprint density at radius 3 is 2.77 bits per heavy atom. The largest absolute Gasteiger partial charge is 0.344 e. The predicted octanol–water partition coefficient (Wildman–Crippen LogP) is 1.46. The second-order valence-corrected chi connectivity index (χ2v) is 5.34. The monoisotopic (exact) mass is 325 g/mol. The van der Waals surface area contributed by atoms with Gasteiger partial charge in [0, 0.05) is 45.2 Å². The van der Waals surface area contributed by atoms with Crippen LogP contribution >= 0.6 is 12.4 Å². The number of anilines is 1. The molecule has 6 heteroatoms. The molecular weight excluding hydrogens is 302 g/mol. The van der Waals surface area contributed by atoms with E-state index in [1.165, 1.54) is 5.56 Å². The lowest BCUT2D eigenvalue weighted by molar-refractivity contribution is -0.129. The van der Waals surface area contributed by atoms with E-state index in [0.29, 0.717) is 25.9 Å². The number of nitrogens with one attached hydrogen (secondary N) is 1. The molecule has 0 fully saturated rings. The number of halogens is 1. The number of hydrogen-bond acceptors (Lipinski definition) is 3. The second-order valence-electron chi connectivity index (χ2n) is 5.34. The highest BCUT2D eigenvalue weighted by Gasteiger charge is 2.24. The number of nitrogens with zero attached hydrogens (tertiary/aromatic N) is 2. The first-order chi connectivity index (χ1) is 10.1. The molecule has 0 saturated carbocycles. The van der Waals surface area contributed by atoms with Crippen molar-refractivity contribution in [1.29, 1.82) is 0 Å². The van der Waals surface area contributed by atoms with Crippen LogP contribution in [-0.2, 0) is 16.0 Å². The molecule has 1 heterocycles. The van der Waals surface area contributed by atoms with Gasteiger partial charge in [-0.05, 0) is 25.1 Å². The number of amides is 2. The number of benzene rings is 1. The first-order valence-electron chi connectivity index (χ1n) is 7.40. The average Bonchev–Trinajstić information content (AvgIpc) is 2.51. The molecule has 0 aliphatic carbocycles. The number of aryl methyl sites for hydroxylation is 1. The molecular formula is C16H24ClN3O2. The molecule has 0 unspecified atom stereocenters. The molecule has 0 atom stereocenters. The van der Waals surface area contributed by atoms with Gasteiger partial charge in [-0.15, -0.1) is 12.4 Å². The Morgan fingerprint density at radius 2 is 2.05 bits per heavy atom. The van der Waals surface area contributed by atoms with Crippen LogP contribution in [0.5, 0.6) is 0 Å². The molecule has 0 bridgehead atoms. The minimum Gasteiger partial charge on any atom is -0.344 e. The summed E-state index contributed by atoms with van der Waals surface area (Å²) in [7, 11) is 3.66. The number of likely N-dealkylation sites (N-methyl/N-ethyl adjacent to an activating group) is 2. The van der Waals surface area contributed by atoms with Crippen LogP contribution in [0.1, 0.15) is 18.4 Å². The van der Waals surface area contributed by atoms with Crippen molar-refractivity contribution >= 4 is 29.9 Å². The summed E-state index contributed by atoms with van der Waals surface area (Å²) in [5, 5.41) is 3.02. The molecule has 1 aromatic rings. The maximum absolute atomic E-state index is 12.1. The standard InChI is InChI=1S/C16H23N3O2.ClH/c1-17-10-12-18(2)15(20)9-11-19-14-6-4-3-5-13(14)7-8-16(19)21;/h3-6,17H,7-12H2,1-2H3;1H. The summed E-state index contributed by atoms with van der Waals surface area (Å²) in [4.78, 5) is 27.6. The van der Waals surface area contributed by atoms with Gasteiger partial charge >= 0.3 is 0 Å². The Labute approximate surface area is 138 Å². The van der Waals surface area contributed by atoms with E-state index in [2.05, 4.69) is 11.4 Å². The lowest BCUT2D eigenvalue weighted by Gasteiger charge is -2.29. The van der Waals surface area contributed by atoms with E-state index in [1.807, 2.05) is 25.2 Å². The molecule has 1 aromatic carbocycles. The highest BCUT2D eigenvalue weighted by atomic mass is 35.5. The van der Waals surface area contributed by atoms with Gasteiger partial charge in [-0.3, -0.25) is 9.59 Å². The minimum atomic E-state index is 0. The summed E-state index contributed by atoms with van der Waals surface area (Å²) >= 11 is 0. The average molecular weight is 326 g/mol. The van der Waals surface area contributed by atoms with Crippen molar-refractivity contribution in [2.75, 3.05) is 38.6 Å². The fourth-order valence-electron chi connectivity index (χ4n) is 2.54. The zero-order chi connectivity index (χ0) is 15.2. The number of fused-ring (bicyclic) bond motifs is 1. The molecule has 1 aliphatic rings. The van der Waals surface area contributed by atoms with Crippen molar-refractivity contribution in [2.24, 2.45) is 0 Å². The van der Waals surface area contributed by atoms with Gasteiger partial charge in [0.05, 0.1) is 0 Å². The first-order valence-corrected chi connectivity index (χ1v) is 7.40. The maximum Gasteiger partial charge on any atom is 0.227 e. The van der Waals surface area contributed by atoms with Crippen LogP contribution in [0.4, 0.5) is 5.69 Å². The van der Waals surface area contributed by atoms with Crippen molar-refractivity contribution in [1.82, 2.24) is 10.2 Å². The third-order valence-corrected chi connectivity index (χ3v) is 3.86. The van der Waals surface area contributed by atoms with Crippen molar-refractivity contribution in [3.05, 3.63) is 29.8 Å². The summed E-state index contributed by atoms with van der Waals surface area (Å²) in [5.41, 5.74) is 2.15. The predicted molar refractivity (Wildman–Crippen MR) is 90.5 cm³/mol. The van der Waals surface area contributed by atoms with Crippen LogP contribution in [0.2, 0.25) is 0 Å². The molecule has 5 nitrogen and oxygen atoms in total. The molecule has 0 spiro atoms. The SMILES string of the molecule is CNCCN(C)C(=O)CCN1C(=O)CCc2ccccc21.Cl. The van der Waals surface area contributed by atoms with Gasteiger partial charge in [-0.1, -0.05) is 18.2 Å². The molecule has 22 heavy (non-hydrogen) atoms. The Bertz CT molecular complexity index is 522. The summed E-state index contributed by atoms with van der Waals surface area (Å²) < 4.78 is 0. The van der Waals surface area contributed by atoms with Gasteiger partial charge in [-0.2, -0.15) is 0 Å². The van der Waals surface area contributed by atoms with E-state index >= 15 is 0 Å². The Balaban J connectivity index is 0.00000242. The van der Waals surface area contributed by atoms with Gasteiger partial charge in [0.1, 0.15) is 0 Å². The van der Waals surface area contributed by atoms with Crippen LogP contribution in [0.15, 0.2) is 24.3 Å². The van der Waals surface area contributed by atoms with Crippen LogP contribution in [0.25, 0.3) is 0 Å². The third-order valence-electron chi connectivity index (χ3n) is 3.86. The Kier molecular flexibility index (Phi) is 7.35. The lowest BCUT2D eigenvalue weighted by Crippen LogP contribution is -2.39. The first kappa shape index (κ1) is 18.5. The normalized spacial score (nSPS) is 13.4. The molecule has 1 aliphatic heterocycles. The van der Waals surface area contributed by atoms with Crippen LogP contribution < -0.4 is 10.2 Å². The summed E-state index contributed by atoms with van der Waals surface area (Å²) in [6.45, 7) is 1.91. The molecule has 2 rings (SSSR count). The van der Waals surface area contributed by atoms with Crippen LogP contribution in [0, 0.1) is 0 Å². The topological polar surface area (TPSA) is 52.7 Å². The minimum absolute atomic E-state index is 0. The summed E-state index contributed by atoms with van der Waals surface area (Å²) in [5.74, 6) is 0.181. The molecule has 2 amide bonds. The van der Waals surface area contributed by atoms with Gasteiger partial charge in [0.2, 0.25) is 11.8 Å². The van der Waals surface area contributed by atoms with E-state index in [9.17, 15) is 9.59 Å². The smallest absolute Gasteiger partial charge is 0.227 e. The number of hydrogen-bond donors (Lipinski definition) is 1. The fourth-order valence-corrected chi connectivity index (χ4v) is 2.54. The summed E-state index contributed by atoms with van der Waals surface area (Å²) in [6, 6.07) is 7.94. The Morgan fingerprint density at radius 1 is 1.32 bits per heavy atom. The fraction of sp³-hybridized carbons (Fsp3) is 0.500. The van der Waals surface area contributed by atoms with E-state index in [-0.39, 0.29) is 24.2 Å². The highest BCUT2D eigenvalue weighted by molar-refractivity contribution is 5.96. The van der Waals surface area contributed by atoms with Crippen molar-refractivity contribution < 1.29 is 9.59 Å². The van der Waals surface area contributed by atoms with Crippen LogP contribution in [-0.4, -0.2) is 50.4 Å². The number of para-hydroxylation sites is 1. The molecule has 0 aromatic heterocycles. The second kappa shape index (κ2) is 8.76. The van der Waals surface area contributed by atoms with Gasteiger partial charge in [0.15, 0.2) is 0 Å². The van der Waals surface area contributed by atoms with Crippen LogP contribution in [0.3, 0.4) is 0 Å². The quantitative estimate of drug-likeness (QED) is 0.861. The van der Waals surface area contributed by atoms with Gasteiger partial charge < -0.3 is 15.1 Å². The third kappa shape index (κ3) is 4.45. The lowest BCUT2D eigenvalue weighted by atomic mass is 10.0. The number of rotatable bonds is 6. The van der Waals surface area contributed by atoms with E-state index < -0.39 is 0 Å². The van der Waals surface area contributed by atoms with Crippen molar-refractivity contribution in [2.45, 2.75) is 19.3 Å². The highest BCUT2D eigenvalue weighted by Crippen LogP contribution is 2.27. The molecule has 0 radical (unpaired) electrons. The zero-order valence-corrected chi connectivity index (χ0v) is 14.0. The molecule has 0 saturated heterocycles. The van der Waals surface area contributed by atoms with E-state index in [0.717, 1.165) is 18.7 Å². The Hall–Kier alpha value is -1.59. The van der Waals surface area contributed by atoms with Crippen molar-refractivity contribution in [3.8, 4) is 0 Å². The number of carbonyl (C=O) groups is 2. The number of carbonyl (C=O) groups excluding carboxylic acids is 2. The van der Waals surface area contributed by atoms with E-state index in [1.54, 1.807) is 16.8 Å². The molecule has 1 N–H and O–H groups in total. The molecule has 122 valence electrons.